The number of rotatable bonds is 4. The molecule has 0 fully saturated rings. The van der Waals surface area contributed by atoms with Crippen molar-refractivity contribution in [1.82, 2.24) is 9.97 Å². The van der Waals surface area contributed by atoms with Crippen LogP contribution >= 0.6 is 0 Å². The van der Waals surface area contributed by atoms with Gasteiger partial charge in [0.15, 0.2) is 0 Å². The number of hydrogen-bond acceptors (Lipinski definition) is 5. The Kier molecular flexibility index (Phi) is 4.43. The van der Waals surface area contributed by atoms with E-state index in [0.29, 0.717) is 11.6 Å². The van der Waals surface area contributed by atoms with Crippen molar-refractivity contribution < 1.29 is 14.6 Å². The molecule has 2 aromatic rings. The second-order valence-electron chi connectivity index (χ2n) is 5.00. The third kappa shape index (κ3) is 2.97. The molecule has 1 unspecified atom stereocenters. The molecule has 1 aromatic heterocycles. The van der Waals surface area contributed by atoms with Crippen molar-refractivity contribution in [2.75, 3.05) is 14.2 Å². The van der Waals surface area contributed by atoms with E-state index in [4.69, 9.17) is 9.47 Å². The molecule has 5 heteroatoms. The zero-order chi connectivity index (χ0) is 15.6. The Hall–Kier alpha value is -2.14. The van der Waals surface area contributed by atoms with Crippen molar-refractivity contribution in [1.29, 1.82) is 0 Å². The van der Waals surface area contributed by atoms with Crippen LogP contribution in [0.5, 0.6) is 11.8 Å². The van der Waals surface area contributed by atoms with Gasteiger partial charge in [0.05, 0.1) is 20.4 Å². The Morgan fingerprint density at radius 3 is 2.29 bits per heavy atom. The Bertz CT molecular complexity index is 656. The number of hydrogen-bond donors (Lipinski definition) is 1. The van der Waals surface area contributed by atoms with E-state index in [-0.39, 0.29) is 5.88 Å². The van der Waals surface area contributed by atoms with Crippen molar-refractivity contribution in [2.24, 2.45) is 0 Å². The molecular formula is C16H20N2O3. The summed E-state index contributed by atoms with van der Waals surface area (Å²) >= 11 is 0. The average molecular weight is 288 g/mol. The van der Waals surface area contributed by atoms with Gasteiger partial charge in [0.25, 0.3) is 0 Å². The third-order valence-electron chi connectivity index (χ3n) is 3.58. The number of aliphatic hydroxyl groups is 1. The first-order chi connectivity index (χ1) is 9.97. The summed E-state index contributed by atoms with van der Waals surface area (Å²) in [5.41, 5.74) is 4.50. The number of methoxy groups -OCH3 is 2. The van der Waals surface area contributed by atoms with Gasteiger partial charge in [0.1, 0.15) is 11.8 Å². The van der Waals surface area contributed by atoms with Crippen molar-refractivity contribution in [3.8, 4) is 11.8 Å². The predicted octanol–water partition coefficient (Wildman–Crippen LogP) is 2.50. The standard InChI is InChI=1S/C16H20N2O3/c1-9-6-11(3)12(7-10(9)2)15(19)14-16(21-5)18-13(20-4)8-17-14/h6-8,15,19H,1-5H3. The van der Waals surface area contributed by atoms with Crippen molar-refractivity contribution in [2.45, 2.75) is 26.9 Å². The smallest absolute Gasteiger partial charge is 0.241 e. The molecule has 0 aliphatic rings. The molecule has 1 atom stereocenters. The van der Waals surface area contributed by atoms with E-state index in [1.165, 1.54) is 26.0 Å². The van der Waals surface area contributed by atoms with E-state index < -0.39 is 6.10 Å². The maximum absolute atomic E-state index is 10.6. The molecule has 0 bridgehead atoms. The zero-order valence-electron chi connectivity index (χ0n) is 13.0. The van der Waals surface area contributed by atoms with Crippen LogP contribution < -0.4 is 9.47 Å². The minimum absolute atomic E-state index is 0.263. The molecule has 0 spiro atoms. The normalized spacial score (nSPS) is 12.1. The van der Waals surface area contributed by atoms with E-state index in [2.05, 4.69) is 16.0 Å². The number of ether oxygens (including phenoxy) is 2. The van der Waals surface area contributed by atoms with Gasteiger partial charge < -0.3 is 14.6 Å². The summed E-state index contributed by atoms with van der Waals surface area (Å²) in [6.45, 7) is 6.03. The molecule has 1 aromatic carbocycles. The monoisotopic (exact) mass is 288 g/mol. The van der Waals surface area contributed by atoms with Crippen LogP contribution in [-0.2, 0) is 0 Å². The molecule has 0 saturated heterocycles. The van der Waals surface area contributed by atoms with E-state index in [9.17, 15) is 5.11 Å². The SMILES string of the molecule is COc1cnc(C(O)c2cc(C)c(C)cc2C)c(OC)n1. The molecular weight excluding hydrogens is 268 g/mol. The van der Waals surface area contributed by atoms with Crippen LogP contribution in [0.2, 0.25) is 0 Å². The molecule has 0 radical (unpaired) electrons. The molecule has 0 aliphatic heterocycles. The van der Waals surface area contributed by atoms with Gasteiger partial charge in [-0.1, -0.05) is 12.1 Å². The highest BCUT2D eigenvalue weighted by Gasteiger charge is 2.21. The Morgan fingerprint density at radius 1 is 1.00 bits per heavy atom. The van der Waals surface area contributed by atoms with Crippen molar-refractivity contribution >= 4 is 0 Å². The number of aryl methyl sites for hydroxylation is 3. The zero-order valence-corrected chi connectivity index (χ0v) is 13.0. The van der Waals surface area contributed by atoms with Crippen LogP contribution in [0.15, 0.2) is 18.3 Å². The predicted molar refractivity (Wildman–Crippen MR) is 79.9 cm³/mol. The summed E-state index contributed by atoms with van der Waals surface area (Å²) in [6.07, 6.45) is 0.579. The largest absolute Gasteiger partial charge is 0.480 e. The summed E-state index contributed by atoms with van der Waals surface area (Å²) in [4.78, 5) is 8.39. The summed E-state index contributed by atoms with van der Waals surface area (Å²) in [5, 5.41) is 10.6. The second-order valence-corrected chi connectivity index (χ2v) is 5.00. The number of aliphatic hydroxyl groups excluding tert-OH is 1. The Balaban J connectivity index is 2.49. The van der Waals surface area contributed by atoms with Crippen LogP contribution in [0.3, 0.4) is 0 Å². The maximum atomic E-state index is 10.6. The Labute approximate surface area is 124 Å². The molecule has 2 rings (SSSR count). The molecule has 0 aliphatic carbocycles. The first-order valence-corrected chi connectivity index (χ1v) is 6.68. The highest BCUT2D eigenvalue weighted by molar-refractivity contribution is 5.42. The fourth-order valence-corrected chi connectivity index (χ4v) is 2.23. The maximum Gasteiger partial charge on any atom is 0.241 e. The van der Waals surface area contributed by atoms with E-state index >= 15 is 0 Å². The molecule has 1 heterocycles. The fraction of sp³-hybridized carbons (Fsp3) is 0.375. The molecule has 5 nitrogen and oxygen atoms in total. The van der Waals surface area contributed by atoms with E-state index in [1.807, 2.05) is 26.8 Å². The summed E-state index contributed by atoms with van der Waals surface area (Å²) in [5.74, 6) is 0.610. The van der Waals surface area contributed by atoms with Gasteiger partial charge in [0.2, 0.25) is 11.8 Å². The van der Waals surface area contributed by atoms with Crippen LogP contribution in [0.1, 0.15) is 34.1 Å². The average Bonchev–Trinajstić information content (AvgIpc) is 2.49. The van der Waals surface area contributed by atoms with Gasteiger partial charge in [-0.15, -0.1) is 0 Å². The van der Waals surface area contributed by atoms with Crippen molar-refractivity contribution in [3.05, 3.63) is 46.3 Å². The van der Waals surface area contributed by atoms with Gasteiger partial charge in [0, 0.05) is 0 Å². The summed E-state index contributed by atoms with van der Waals surface area (Å²) < 4.78 is 10.2. The van der Waals surface area contributed by atoms with Crippen LogP contribution in [0.25, 0.3) is 0 Å². The van der Waals surface area contributed by atoms with Gasteiger partial charge in [-0.25, -0.2) is 4.98 Å². The third-order valence-corrected chi connectivity index (χ3v) is 3.58. The highest BCUT2D eigenvalue weighted by Crippen LogP contribution is 2.31. The molecule has 112 valence electrons. The molecule has 1 N–H and O–H groups in total. The number of aromatic nitrogens is 2. The van der Waals surface area contributed by atoms with Gasteiger partial charge in [-0.3, -0.25) is 0 Å². The second kappa shape index (κ2) is 6.10. The van der Waals surface area contributed by atoms with Gasteiger partial charge in [-0.2, -0.15) is 4.98 Å². The first kappa shape index (κ1) is 15.3. The molecule has 0 amide bonds. The van der Waals surface area contributed by atoms with Crippen LogP contribution in [0, 0.1) is 20.8 Å². The number of benzene rings is 1. The first-order valence-electron chi connectivity index (χ1n) is 6.68. The van der Waals surface area contributed by atoms with Crippen LogP contribution in [0.4, 0.5) is 0 Å². The lowest BCUT2D eigenvalue weighted by Gasteiger charge is -2.17. The van der Waals surface area contributed by atoms with Crippen LogP contribution in [-0.4, -0.2) is 29.3 Å². The quantitative estimate of drug-likeness (QED) is 0.936. The lowest BCUT2D eigenvalue weighted by Crippen LogP contribution is -2.09. The lowest BCUT2D eigenvalue weighted by molar-refractivity contribution is 0.206. The topological polar surface area (TPSA) is 64.5 Å². The Morgan fingerprint density at radius 2 is 1.67 bits per heavy atom. The highest BCUT2D eigenvalue weighted by atomic mass is 16.5. The van der Waals surface area contributed by atoms with Crippen molar-refractivity contribution in [3.63, 3.8) is 0 Å². The van der Waals surface area contributed by atoms with Gasteiger partial charge >= 0.3 is 0 Å². The minimum atomic E-state index is -0.891. The molecule has 0 saturated carbocycles. The lowest BCUT2D eigenvalue weighted by atomic mass is 9.96. The summed E-state index contributed by atoms with van der Waals surface area (Å²) in [7, 11) is 3.00. The fourth-order valence-electron chi connectivity index (χ4n) is 2.23. The van der Waals surface area contributed by atoms with E-state index in [1.54, 1.807) is 0 Å². The van der Waals surface area contributed by atoms with Gasteiger partial charge in [-0.05, 0) is 43.0 Å². The van der Waals surface area contributed by atoms with E-state index in [0.717, 1.165) is 16.7 Å². The minimum Gasteiger partial charge on any atom is -0.480 e. The molecule has 21 heavy (non-hydrogen) atoms. The number of nitrogens with zero attached hydrogens (tertiary/aromatic N) is 2. The summed E-state index contributed by atoms with van der Waals surface area (Å²) in [6, 6.07) is 4.03.